The number of furan rings is 1. The monoisotopic (exact) mass is 368 g/mol. The Bertz CT molecular complexity index is 756. The Kier molecular flexibility index (Phi) is 5.91. The Morgan fingerprint density at radius 3 is 2.54 bits per heavy atom. The summed E-state index contributed by atoms with van der Waals surface area (Å²) in [6.45, 7) is 3.66. The van der Waals surface area contributed by atoms with E-state index in [4.69, 9.17) is 27.6 Å². The van der Waals surface area contributed by atoms with Gasteiger partial charge in [0, 0.05) is 23.7 Å². The zero-order valence-electron chi connectivity index (χ0n) is 13.6. The van der Waals surface area contributed by atoms with Crippen LogP contribution in [-0.2, 0) is 4.79 Å². The molecule has 0 fully saturated rings. The number of carbonyl (C=O) groups excluding carboxylic acids is 2. The quantitative estimate of drug-likeness (QED) is 0.871. The minimum atomic E-state index is -0.384. The second-order valence-electron chi connectivity index (χ2n) is 5.67. The van der Waals surface area contributed by atoms with Gasteiger partial charge in [-0.3, -0.25) is 9.59 Å². The summed E-state index contributed by atoms with van der Waals surface area (Å²) in [5.74, 6) is -0.0190. The van der Waals surface area contributed by atoms with Crippen molar-refractivity contribution in [2.75, 3.05) is 13.6 Å². The first-order valence-corrected chi connectivity index (χ1v) is 8.13. The molecule has 0 unspecified atom stereocenters. The van der Waals surface area contributed by atoms with Crippen LogP contribution in [0.15, 0.2) is 34.7 Å². The van der Waals surface area contributed by atoms with Crippen molar-refractivity contribution < 1.29 is 14.0 Å². The smallest absolute Gasteiger partial charge is 0.289 e. The molecule has 128 valence electrons. The van der Waals surface area contributed by atoms with E-state index in [1.54, 1.807) is 37.4 Å². The molecule has 2 amide bonds. The fraction of sp³-hybridized carbons (Fsp3) is 0.294. The predicted molar refractivity (Wildman–Crippen MR) is 94.4 cm³/mol. The van der Waals surface area contributed by atoms with Gasteiger partial charge in [-0.15, -0.1) is 0 Å². The number of hydrogen-bond acceptors (Lipinski definition) is 3. The van der Waals surface area contributed by atoms with Crippen molar-refractivity contribution in [1.82, 2.24) is 10.2 Å². The molecule has 0 aliphatic carbocycles. The molecule has 0 aliphatic heterocycles. The van der Waals surface area contributed by atoms with Crippen LogP contribution in [-0.4, -0.2) is 36.3 Å². The number of nitrogens with zero attached hydrogens (tertiary/aromatic N) is 1. The fourth-order valence-electron chi connectivity index (χ4n) is 2.13. The van der Waals surface area contributed by atoms with Gasteiger partial charge < -0.3 is 14.6 Å². The minimum absolute atomic E-state index is 0.0169. The van der Waals surface area contributed by atoms with Crippen molar-refractivity contribution in [1.29, 1.82) is 0 Å². The highest BCUT2D eigenvalue weighted by Crippen LogP contribution is 2.31. The van der Waals surface area contributed by atoms with E-state index < -0.39 is 0 Å². The van der Waals surface area contributed by atoms with Gasteiger partial charge in [-0.2, -0.15) is 0 Å². The summed E-state index contributed by atoms with van der Waals surface area (Å²) >= 11 is 12.0. The first-order valence-electron chi connectivity index (χ1n) is 7.38. The summed E-state index contributed by atoms with van der Waals surface area (Å²) in [6, 6.07) is 8.24. The maximum Gasteiger partial charge on any atom is 0.289 e. The van der Waals surface area contributed by atoms with Crippen LogP contribution < -0.4 is 5.32 Å². The van der Waals surface area contributed by atoms with Crippen molar-refractivity contribution in [2.24, 2.45) is 0 Å². The van der Waals surface area contributed by atoms with Crippen molar-refractivity contribution in [3.05, 3.63) is 46.1 Å². The largest absolute Gasteiger partial charge is 0.451 e. The lowest BCUT2D eigenvalue weighted by atomic mass is 10.2. The van der Waals surface area contributed by atoms with E-state index in [0.29, 0.717) is 21.4 Å². The Balaban J connectivity index is 2.12. The number of carbonyl (C=O) groups is 2. The molecule has 2 rings (SSSR count). The van der Waals surface area contributed by atoms with E-state index in [1.807, 2.05) is 13.8 Å². The number of amides is 2. The van der Waals surface area contributed by atoms with E-state index in [2.05, 4.69) is 5.32 Å². The Morgan fingerprint density at radius 1 is 1.21 bits per heavy atom. The fourth-order valence-corrected chi connectivity index (χ4v) is 2.63. The average Bonchev–Trinajstić information content (AvgIpc) is 2.94. The zero-order chi connectivity index (χ0) is 17.9. The van der Waals surface area contributed by atoms with Crippen LogP contribution in [0.2, 0.25) is 10.0 Å². The molecule has 0 spiro atoms. The van der Waals surface area contributed by atoms with Gasteiger partial charge in [-0.05, 0) is 44.2 Å². The van der Waals surface area contributed by atoms with E-state index in [1.165, 1.54) is 4.90 Å². The molecule has 7 heteroatoms. The number of hydrogen-bond donors (Lipinski definition) is 1. The lowest BCUT2D eigenvalue weighted by molar-refractivity contribution is -0.122. The number of rotatable bonds is 5. The molecule has 0 atom stereocenters. The van der Waals surface area contributed by atoms with Crippen molar-refractivity contribution >= 4 is 35.0 Å². The number of nitrogens with one attached hydrogen (secondary N) is 1. The van der Waals surface area contributed by atoms with Crippen LogP contribution in [0.3, 0.4) is 0 Å². The second-order valence-corrected chi connectivity index (χ2v) is 6.52. The molecule has 1 aromatic heterocycles. The summed E-state index contributed by atoms with van der Waals surface area (Å²) in [7, 11) is 1.54. The first kappa shape index (κ1) is 18.4. The molecular weight excluding hydrogens is 351 g/mol. The Morgan fingerprint density at radius 2 is 1.92 bits per heavy atom. The lowest BCUT2D eigenvalue weighted by Crippen LogP contribution is -2.40. The van der Waals surface area contributed by atoms with E-state index in [-0.39, 0.29) is 30.2 Å². The van der Waals surface area contributed by atoms with Crippen LogP contribution >= 0.6 is 23.2 Å². The van der Waals surface area contributed by atoms with Crippen LogP contribution in [0.4, 0.5) is 0 Å². The van der Waals surface area contributed by atoms with Crippen molar-refractivity contribution in [2.45, 2.75) is 19.9 Å². The molecule has 24 heavy (non-hydrogen) atoms. The molecule has 0 bridgehead atoms. The molecule has 1 N–H and O–H groups in total. The average molecular weight is 369 g/mol. The molecule has 1 aromatic carbocycles. The normalized spacial score (nSPS) is 10.8. The molecular formula is C17H18Cl2N2O3. The maximum atomic E-state index is 12.3. The number of halogens is 2. The van der Waals surface area contributed by atoms with Gasteiger partial charge in [0.15, 0.2) is 5.76 Å². The van der Waals surface area contributed by atoms with Gasteiger partial charge in [0.2, 0.25) is 5.91 Å². The molecule has 0 saturated carbocycles. The molecule has 5 nitrogen and oxygen atoms in total. The molecule has 0 radical (unpaired) electrons. The zero-order valence-corrected chi connectivity index (χ0v) is 15.1. The van der Waals surface area contributed by atoms with Crippen LogP contribution in [0.25, 0.3) is 11.3 Å². The Labute approximate surface area is 150 Å². The summed E-state index contributed by atoms with van der Waals surface area (Å²) in [6.07, 6.45) is 0. The lowest BCUT2D eigenvalue weighted by Gasteiger charge is -2.16. The van der Waals surface area contributed by atoms with Gasteiger partial charge in [-0.25, -0.2) is 0 Å². The summed E-state index contributed by atoms with van der Waals surface area (Å²) in [5, 5.41) is 3.68. The van der Waals surface area contributed by atoms with Crippen LogP contribution in [0.1, 0.15) is 24.4 Å². The highest BCUT2D eigenvalue weighted by atomic mass is 35.5. The third kappa shape index (κ3) is 4.52. The van der Waals surface area contributed by atoms with Crippen molar-refractivity contribution in [3.8, 4) is 11.3 Å². The molecule has 0 aliphatic rings. The second kappa shape index (κ2) is 7.73. The number of likely N-dealkylation sites (N-methyl/N-ethyl adjacent to an activating group) is 1. The van der Waals surface area contributed by atoms with Gasteiger partial charge in [-0.1, -0.05) is 23.2 Å². The third-order valence-corrected chi connectivity index (χ3v) is 3.74. The molecule has 1 heterocycles. The Hall–Kier alpha value is -1.98. The van der Waals surface area contributed by atoms with E-state index >= 15 is 0 Å². The van der Waals surface area contributed by atoms with Crippen LogP contribution in [0.5, 0.6) is 0 Å². The molecule has 2 aromatic rings. The van der Waals surface area contributed by atoms with Crippen molar-refractivity contribution in [3.63, 3.8) is 0 Å². The van der Waals surface area contributed by atoms with Gasteiger partial charge in [0.1, 0.15) is 5.76 Å². The summed E-state index contributed by atoms with van der Waals surface area (Å²) in [5.41, 5.74) is 0.639. The number of benzene rings is 1. The minimum Gasteiger partial charge on any atom is -0.451 e. The van der Waals surface area contributed by atoms with E-state index in [0.717, 1.165) is 0 Å². The predicted octanol–water partition coefficient (Wildman–Crippen LogP) is 3.85. The summed E-state index contributed by atoms with van der Waals surface area (Å²) < 4.78 is 5.59. The van der Waals surface area contributed by atoms with Gasteiger partial charge >= 0.3 is 0 Å². The van der Waals surface area contributed by atoms with Gasteiger partial charge in [0.05, 0.1) is 11.6 Å². The topological polar surface area (TPSA) is 62.6 Å². The SMILES string of the molecule is CC(C)NC(=O)CN(C)C(=O)c1ccc(-c2ccc(Cl)cc2Cl)o1. The third-order valence-electron chi connectivity index (χ3n) is 3.19. The first-order chi connectivity index (χ1) is 11.3. The van der Waals surface area contributed by atoms with Crippen LogP contribution in [0, 0.1) is 0 Å². The maximum absolute atomic E-state index is 12.3. The highest BCUT2D eigenvalue weighted by molar-refractivity contribution is 6.36. The highest BCUT2D eigenvalue weighted by Gasteiger charge is 2.19. The molecule has 0 saturated heterocycles. The van der Waals surface area contributed by atoms with E-state index in [9.17, 15) is 9.59 Å². The summed E-state index contributed by atoms with van der Waals surface area (Å²) in [4.78, 5) is 25.4. The standard InChI is InChI=1S/C17H18Cl2N2O3/c1-10(2)20-16(22)9-21(3)17(23)15-7-6-14(24-15)12-5-4-11(18)8-13(12)19/h4-8,10H,9H2,1-3H3,(H,20,22). The van der Waals surface area contributed by atoms with Gasteiger partial charge in [0.25, 0.3) is 5.91 Å².